The monoisotopic (exact) mass is 348 g/mol. The molecule has 0 aliphatic heterocycles. The van der Waals surface area contributed by atoms with Crippen LogP contribution >= 0.6 is 0 Å². The summed E-state index contributed by atoms with van der Waals surface area (Å²) in [6, 6.07) is 18.3. The first-order valence-corrected chi connectivity index (χ1v) is 8.83. The summed E-state index contributed by atoms with van der Waals surface area (Å²) < 4.78 is 10.5. The standard InChI is InChI=1S/C22H24N2O2/c1-25-20-11-7-17(8-12-20)6-10-19-14-15-23-22(24-19)13-9-18-4-3-5-21(16-18)26-2/h3-5,7-8,11-12,14-16H,6,9-10,13H2,1-2H3. The number of methoxy groups -OCH3 is 2. The first-order chi connectivity index (χ1) is 12.8. The third-order valence-corrected chi connectivity index (χ3v) is 4.36. The van der Waals surface area contributed by atoms with Crippen molar-refractivity contribution in [1.29, 1.82) is 0 Å². The Balaban J connectivity index is 1.56. The summed E-state index contributed by atoms with van der Waals surface area (Å²) in [6.07, 6.45) is 5.44. The third-order valence-electron chi connectivity index (χ3n) is 4.36. The van der Waals surface area contributed by atoms with E-state index in [1.807, 2.05) is 36.5 Å². The predicted molar refractivity (Wildman–Crippen MR) is 103 cm³/mol. The van der Waals surface area contributed by atoms with Crippen LogP contribution in [0, 0.1) is 0 Å². The average Bonchev–Trinajstić information content (AvgIpc) is 2.71. The fourth-order valence-corrected chi connectivity index (χ4v) is 2.85. The van der Waals surface area contributed by atoms with Gasteiger partial charge in [0.25, 0.3) is 0 Å². The summed E-state index contributed by atoms with van der Waals surface area (Å²) in [7, 11) is 3.37. The molecule has 0 saturated carbocycles. The fraction of sp³-hybridized carbons (Fsp3) is 0.273. The van der Waals surface area contributed by atoms with E-state index in [4.69, 9.17) is 14.5 Å². The van der Waals surface area contributed by atoms with E-state index in [2.05, 4.69) is 29.2 Å². The molecule has 0 fully saturated rings. The highest BCUT2D eigenvalue weighted by molar-refractivity contribution is 5.29. The molecule has 0 saturated heterocycles. The number of hydrogen-bond acceptors (Lipinski definition) is 4. The Morgan fingerprint density at radius 1 is 0.731 bits per heavy atom. The normalized spacial score (nSPS) is 10.5. The molecule has 3 aromatic rings. The van der Waals surface area contributed by atoms with Crippen LogP contribution < -0.4 is 9.47 Å². The average molecular weight is 348 g/mol. The minimum Gasteiger partial charge on any atom is -0.497 e. The van der Waals surface area contributed by atoms with Gasteiger partial charge in [0.05, 0.1) is 14.2 Å². The lowest BCUT2D eigenvalue weighted by atomic mass is 10.1. The van der Waals surface area contributed by atoms with E-state index >= 15 is 0 Å². The summed E-state index contributed by atoms with van der Waals surface area (Å²) in [4.78, 5) is 9.13. The van der Waals surface area contributed by atoms with Crippen LogP contribution in [0.5, 0.6) is 11.5 Å². The Morgan fingerprint density at radius 2 is 1.50 bits per heavy atom. The molecule has 1 heterocycles. The zero-order valence-electron chi connectivity index (χ0n) is 15.3. The minimum atomic E-state index is 0.823. The van der Waals surface area contributed by atoms with Gasteiger partial charge in [-0.05, 0) is 60.7 Å². The Hall–Kier alpha value is -2.88. The first kappa shape index (κ1) is 17.9. The summed E-state index contributed by atoms with van der Waals surface area (Å²) in [6.45, 7) is 0. The van der Waals surface area contributed by atoms with Crippen molar-refractivity contribution in [1.82, 2.24) is 9.97 Å². The summed E-state index contributed by atoms with van der Waals surface area (Å²) in [5.74, 6) is 2.66. The molecule has 4 heteroatoms. The van der Waals surface area contributed by atoms with Gasteiger partial charge in [0.2, 0.25) is 0 Å². The molecule has 0 aliphatic carbocycles. The third kappa shape index (κ3) is 5.06. The number of ether oxygens (including phenoxy) is 2. The molecule has 1 aromatic heterocycles. The van der Waals surface area contributed by atoms with Gasteiger partial charge in [-0.15, -0.1) is 0 Å². The highest BCUT2D eigenvalue weighted by Crippen LogP contribution is 2.15. The van der Waals surface area contributed by atoms with Crippen LogP contribution in [0.15, 0.2) is 60.8 Å². The van der Waals surface area contributed by atoms with Gasteiger partial charge < -0.3 is 9.47 Å². The van der Waals surface area contributed by atoms with Gasteiger partial charge in [-0.1, -0.05) is 24.3 Å². The van der Waals surface area contributed by atoms with Gasteiger partial charge in [0, 0.05) is 18.3 Å². The van der Waals surface area contributed by atoms with Gasteiger partial charge in [0.15, 0.2) is 0 Å². The largest absolute Gasteiger partial charge is 0.497 e. The van der Waals surface area contributed by atoms with E-state index in [9.17, 15) is 0 Å². The van der Waals surface area contributed by atoms with Crippen LogP contribution in [-0.4, -0.2) is 24.2 Å². The smallest absolute Gasteiger partial charge is 0.128 e. The molecule has 0 aliphatic rings. The van der Waals surface area contributed by atoms with Gasteiger partial charge in [-0.25, -0.2) is 9.97 Å². The zero-order valence-corrected chi connectivity index (χ0v) is 15.3. The molecular formula is C22H24N2O2. The molecule has 134 valence electrons. The summed E-state index contributed by atoms with van der Waals surface area (Å²) in [5.41, 5.74) is 3.59. The second-order valence-corrected chi connectivity index (χ2v) is 6.16. The lowest BCUT2D eigenvalue weighted by molar-refractivity contribution is 0.414. The minimum absolute atomic E-state index is 0.823. The Bertz CT molecular complexity index is 832. The van der Waals surface area contributed by atoms with Crippen LogP contribution in [0.4, 0.5) is 0 Å². The number of nitrogens with zero attached hydrogens (tertiary/aromatic N) is 2. The van der Waals surface area contributed by atoms with Gasteiger partial charge in [-0.3, -0.25) is 0 Å². The highest BCUT2D eigenvalue weighted by Gasteiger charge is 2.03. The number of aromatic nitrogens is 2. The quantitative estimate of drug-likeness (QED) is 0.616. The lowest BCUT2D eigenvalue weighted by Crippen LogP contribution is -2.02. The van der Waals surface area contributed by atoms with Gasteiger partial charge in [0.1, 0.15) is 17.3 Å². The van der Waals surface area contributed by atoms with Gasteiger partial charge >= 0.3 is 0 Å². The van der Waals surface area contributed by atoms with Crippen LogP contribution in [0.2, 0.25) is 0 Å². The second kappa shape index (κ2) is 8.99. The van der Waals surface area contributed by atoms with Crippen LogP contribution in [0.25, 0.3) is 0 Å². The number of hydrogen-bond donors (Lipinski definition) is 0. The van der Waals surface area contributed by atoms with E-state index in [1.54, 1.807) is 14.2 Å². The van der Waals surface area contributed by atoms with Crippen LogP contribution in [-0.2, 0) is 25.7 Å². The van der Waals surface area contributed by atoms with E-state index in [1.165, 1.54) is 11.1 Å². The number of benzene rings is 2. The van der Waals surface area contributed by atoms with Crippen molar-refractivity contribution in [3.63, 3.8) is 0 Å². The Labute approximate surface area is 154 Å². The fourth-order valence-electron chi connectivity index (χ4n) is 2.85. The maximum Gasteiger partial charge on any atom is 0.128 e. The molecule has 0 atom stereocenters. The van der Waals surface area contributed by atoms with Gasteiger partial charge in [-0.2, -0.15) is 0 Å². The first-order valence-electron chi connectivity index (χ1n) is 8.83. The zero-order chi connectivity index (χ0) is 18.2. The predicted octanol–water partition coefficient (Wildman–Crippen LogP) is 4.06. The molecule has 2 aromatic carbocycles. The molecule has 3 rings (SSSR count). The van der Waals surface area contributed by atoms with Crippen molar-refractivity contribution in [2.75, 3.05) is 14.2 Å². The van der Waals surface area contributed by atoms with Crippen LogP contribution in [0.1, 0.15) is 22.6 Å². The second-order valence-electron chi connectivity index (χ2n) is 6.16. The molecule has 0 spiro atoms. The topological polar surface area (TPSA) is 44.2 Å². The SMILES string of the molecule is COc1ccc(CCc2ccnc(CCc3cccc(OC)c3)n2)cc1. The Morgan fingerprint density at radius 3 is 2.27 bits per heavy atom. The van der Waals surface area contributed by atoms with Crippen molar-refractivity contribution < 1.29 is 9.47 Å². The molecule has 0 amide bonds. The molecule has 26 heavy (non-hydrogen) atoms. The molecular weight excluding hydrogens is 324 g/mol. The lowest BCUT2D eigenvalue weighted by Gasteiger charge is -2.06. The van der Waals surface area contributed by atoms with E-state index in [0.717, 1.165) is 48.7 Å². The molecule has 0 bridgehead atoms. The van der Waals surface area contributed by atoms with Crippen molar-refractivity contribution in [3.8, 4) is 11.5 Å². The van der Waals surface area contributed by atoms with Crippen molar-refractivity contribution in [2.45, 2.75) is 25.7 Å². The van der Waals surface area contributed by atoms with E-state index in [0.29, 0.717) is 0 Å². The van der Waals surface area contributed by atoms with E-state index in [-0.39, 0.29) is 0 Å². The maximum absolute atomic E-state index is 5.28. The maximum atomic E-state index is 5.28. The number of aryl methyl sites for hydroxylation is 4. The molecule has 0 unspecified atom stereocenters. The molecule has 4 nitrogen and oxygen atoms in total. The molecule has 0 N–H and O–H groups in total. The highest BCUT2D eigenvalue weighted by atomic mass is 16.5. The molecule has 0 radical (unpaired) electrons. The van der Waals surface area contributed by atoms with Crippen molar-refractivity contribution >= 4 is 0 Å². The van der Waals surface area contributed by atoms with Crippen LogP contribution in [0.3, 0.4) is 0 Å². The van der Waals surface area contributed by atoms with Crippen molar-refractivity contribution in [2.24, 2.45) is 0 Å². The summed E-state index contributed by atoms with van der Waals surface area (Å²) >= 11 is 0. The summed E-state index contributed by atoms with van der Waals surface area (Å²) in [5, 5.41) is 0. The number of rotatable bonds is 8. The Kier molecular flexibility index (Phi) is 6.20. The van der Waals surface area contributed by atoms with E-state index < -0.39 is 0 Å². The van der Waals surface area contributed by atoms with Crippen molar-refractivity contribution in [3.05, 3.63) is 83.4 Å².